The molecule has 6 nitrogen and oxygen atoms in total. The first kappa shape index (κ1) is 18.9. The summed E-state index contributed by atoms with van der Waals surface area (Å²) in [7, 11) is -5.41. The van der Waals surface area contributed by atoms with Gasteiger partial charge in [-0.15, -0.1) is 0 Å². The fourth-order valence-electron chi connectivity index (χ4n) is 2.61. The average Bonchev–Trinajstić information content (AvgIpc) is 3.16. The Bertz CT molecular complexity index is 1040. The molecule has 0 radical (unpaired) electrons. The molecule has 1 aromatic carbocycles. The van der Waals surface area contributed by atoms with Gasteiger partial charge in [0.2, 0.25) is 0 Å². The van der Waals surface area contributed by atoms with E-state index in [0.29, 0.717) is 4.90 Å². The Morgan fingerprint density at radius 3 is 2.19 bits per heavy atom. The number of benzene rings is 1. The Labute approximate surface area is 151 Å². The highest BCUT2D eigenvalue weighted by atomic mass is 32.2. The van der Waals surface area contributed by atoms with Crippen molar-refractivity contribution >= 4 is 21.7 Å². The lowest BCUT2D eigenvalue weighted by Gasteiger charge is -2.16. The van der Waals surface area contributed by atoms with E-state index in [2.05, 4.69) is 4.42 Å². The fourth-order valence-corrected chi connectivity index (χ4v) is 3.89. The van der Waals surface area contributed by atoms with Gasteiger partial charge in [0, 0.05) is 0 Å². The number of hydrogen-bond acceptors (Lipinski definition) is 5. The third kappa shape index (κ3) is 2.85. The number of fused-ring (bicyclic) bond motifs is 1. The van der Waals surface area contributed by atoms with Crippen LogP contribution < -0.4 is 0 Å². The summed E-state index contributed by atoms with van der Waals surface area (Å²) >= 11 is 0. The van der Waals surface area contributed by atoms with Crippen LogP contribution in [-0.2, 0) is 9.84 Å². The second-order valence-electron chi connectivity index (χ2n) is 5.68. The monoisotopic (exact) mass is 399 g/mol. The van der Waals surface area contributed by atoms with Crippen LogP contribution in [0.1, 0.15) is 26.5 Å². The highest BCUT2D eigenvalue weighted by Gasteiger charge is 2.52. The van der Waals surface area contributed by atoms with Crippen molar-refractivity contribution in [1.29, 1.82) is 0 Å². The summed E-state index contributed by atoms with van der Waals surface area (Å²) in [6.07, 6.45) is 1.09. The fraction of sp³-hybridized carbons (Fsp3) is 0.176. The second-order valence-corrected chi connectivity index (χ2v) is 7.64. The Morgan fingerprint density at radius 1 is 1.15 bits per heavy atom. The third-order valence-electron chi connectivity index (χ3n) is 4.05. The van der Waals surface area contributed by atoms with E-state index in [1.165, 1.54) is 24.3 Å². The SMILES string of the molecule is Cc1occc1S(=O)(=O)C(F)(F)/C(F)=C/CN1C(=O)c2ccccc2C1=O. The molecule has 0 aliphatic carbocycles. The van der Waals surface area contributed by atoms with Crippen molar-refractivity contribution < 1.29 is 35.6 Å². The van der Waals surface area contributed by atoms with Gasteiger partial charge in [0.15, 0.2) is 5.83 Å². The molecule has 27 heavy (non-hydrogen) atoms. The quantitative estimate of drug-likeness (QED) is 0.722. The number of sulfone groups is 1. The Balaban J connectivity index is 1.87. The van der Waals surface area contributed by atoms with Gasteiger partial charge in [0.1, 0.15) is 10.7 Å². The molecule has 0 saturated carbocycles. The molecule has 2 heterocycles. The summed E-state index contributed by atoms with van der Waals surface area (Å²) in [5.41, 5.74) is 0.120. The first-order chi connectivity index (χ1) is 12.6. The van der Waals surface area contributed by atoms with Gasteiger partial charge in [0.25, 0.3) is 21.7 Å². The first-order valence-electron chi connectivity index (χ1n) is 7.57. The lowest BCUT2D eigenvalue weighted by Crippen LogP contribution is -2.33. The molecule has 0 spiro atoms. The van der Waals surface area contributed by atoms with Crippen LogP contribution in [0.5, 0.6) is 0 Å². The van der Waals surface area contributed by atoms with Crippen LogP contribution in [0.15, 0.2) is 57.8 Å². The van der Waals surface area contributed by atoms with Crippen molar-refractivity contribution in [1.82, 2.24) is 4.90 Å². The zero-order valence-corrected chi connectivity index (χ0v) is 14.6. The molecule has 0 bridgehead atoms. The van der Waals surface area contributed by atoms with Gasteiger partial charge in [-0.25, -0.2) is 12.8 Å². The molecule has 0 unspecified atom stereocenters. The van der Waals surface area contributed by atoms with Gasteiger partial charge in [-0.2, -0.15) is 8.78 Å². The normalized spacial score (nSPS) is 15.4. The van der Waals surface area contributed by atoms with Crippen LogP contribution in [0.25, 0.3) is 0 Å². The molecule has 1 aromatic heterocycles. The summed E-state index contributed by atoms with van der Waals surface area (Å²) < 4.78 is 71.3. The summed E-state index contributed by atoms with van der Waals surface area (Å²) in [5, 5.41) is -4.89. The molecular weight excluding hydrogens is 387 g/mol. The zero-order valence-electron chi connectivity index (χ0n) is 13.8. The Kier molecular flexibility index (Phi) is 4.46. The summed E-state index contributed by atoms with van der Waals surface area (Å²) in [6, 6.07) is 6.55. The summed E-state index contributed by atoms with van der Waals surface area (Å²) in [4.78, 5) is 24.0. The number of halogens is 3. The number of nitrogens with zero attached hydrogens (tertiary/aromatic N) is 1. The smallest absolute Gasteiger partial charge is 0.400 e. The van der Waals surface area contributed by atoms with Gasteiger partial charge in [-0.3, -0.25) is 14.5 Å². The number of imide groups is 1. The topological polar surface area (TPSA) is 84.7 Å². The van der Waals surface area contributed by atoms with Crippen LogP contribution in [-0.4, -0.2) is 36.9 Å². The van der Waals surface area contributed by atoms with Crippen LogP contribution in [0.4, 0.5) is 13.2 Å². The van der Waals surface area contributed by atoms with Crippen molar-refractivity contribution in [2.45, 2.75) is 17.1 Å². The van der Waals surface area contributed by atoms with Crippen molar-refractivity contribution in [3.63, 3.8) is 0 Å². The van der Waals surface area contributed by atoms with Crippen molar-refractivity contribution in [2.24, 2.45) is 0 Å². The number of rotatable bonds is 5. The summed E-state index contributed by atoms with van der Waals surface area (Å²) in [5.74, 6) is -4.17. The number of carbonyl (C=O) groups is 2. The van der Waals surface area contributed by atoms with Gasteiger partial charge < -0.3 is 4.42 Å². The van der Waals surface area contributed by atoms with Gasteiger partial charge in [-0.05, 0) is 31.2 Å². The molecular formula is C17H12F3NO5S. The predicted molar refractivity (Wildman–Crippen MR) is 86.6 cm³/mol. The largest absolute Gasteiger partial charge is 0.468 e. The van der Waals surface area contributed by atoms with Crippen molar-refractivity contribution in [2.75, 3.05) is 6.54 Å². The number of aryl methyl sites for hydroxylation is 1. The lowest BCUT2D eigenvalue weighted by molar-refractivity contribution is 0.0666. The maximum atomic E-state index is 14.2. The summed E-state index contributed by atoms with van der Waals surface area (Å²) in [6.45, 7) is 0.303. The lowest BCUT2D eigenvalue weighted by atomic mass is 10.1. The minimum absolute atomic E-state index is 0.0599. The van der Waals surface area contributed by atoms with Gasteiger partial charge in [0.05, 0.1) is 23.9 Å². The number of amides is 2. The molecule has 1 aliphatic heterocycles. The number of furan rings is 1. The van der Waals surface area contributed by atoms with Gasteiger partial charge >= 0.3 is 5.25 Å². The highest BCUT2D eigenvalue weighted by Crippen LogP contribution is 2.38. The molecule has 0 fully saturated rings. The van der Waals surface area contributed by atoms with E-state index in [-0.39, 0.29) is 23.0 Å². The van der Waals surface area contributed by atoms with Crippen LogP contribution in [0.3, 0.4) is 0 Å². The molecule has 2 amide bonds. The molecule has 10 heteroatoms. The van der Waals surface area contributed by atoms with E-state index >= 15 is 0 Å². The zero-order chi connectivity index (χ0) is 20.0. The molecule has 3 rings (SSSR count). The number of hydrogen-bond donors (Lipinski definition) is 0. The maximum Gasteiger partial charge on any atom is 0.400 e. The van der Waals surface area contributed by atoms with Crippen LogP contribution in [0, 0.1) is 6.92 Å². The molecule has 2 aromatic rings. The average molecular weight is 399 g/mol. The number of carbonyl (C=O) groups excluding carboxylic acids is 2. The Hall–Kier alpha value is -2.88. The molecule has 142 valence electrons. The van der Waals surface area contributed by atoms with E-state index in [4.69, 9.17) is 0 Å². The molecule has 1 aliphatic rings. The maximum absolute atomic E-state index is 14.2. The van der Waals surface area contributed by atoms with Crippen LogP contribution >= 0.6 is 0 Å². The first-order valence-corrected chi connectivity index (χ1v) is 9.05. The third-order valence-corrected chi connectivity index (χ3v) is 5.92. The van der Waals surface area contributed by atoms with Crippen LogP contribution in [0.2, 0.25) is 0 Å². The van der Waals surface area contributed by atoms with E-state index in [0.717, 1.165) is 19.3 Å². The van der Waals surface area contributed by atoms with E-state index in [9.17, 15) is 31.2 Å². The number of alkyl halides is 2. The van der Waals surface area contributed by atoms with Crippen molar-refractivity contribution in [3.05, 3.63) is 65.4 Å². The van der Waals surface area contributed by atoms with E-state index < -0.39 is 44.2 Å². The van der Waals surface area contributed by atoms with E-state index in [1.54, 1.807) is 0 Å². The second kappa shape index (κ2) is 6.38. The highest BCUT2D eigenvalue weighted by molar-refractivity contribution is 7.92. The van der Waals surface area contributed by atoms with E-state index in [1.807, 2.05) is 0 Å². The minimum Gasteiger partial charge on any atom is -0.468 e. The standard InChI is InChI=1S/C17H12F3NO5S/c1-10-13(7-9-26-10)27(24,25)17(19,20)14(18)6-8-21-15(22)11-4-2-3-5-12(11)16(21)23/h2-7,9H,8H2,1H3/b14-6-. The predicted octanol–water partition coefficient (Wildman–Crippen LogP) is 3.10. The Morgan fingerprint density at radius 2 is 1.70 bits per heavy atom. The molecule has 0 atom stereocenters. The minimum atomic E-state index is -5.41. The molecule has 0 N–H and O–H groups in total. The molecule has 0 saturated heterocycles. The van der Waals surface area contributed by atoms with Gasteiger partial charge in [-0.1, -0.05) is 12.1 Å². The van der Waals surface area contributed by atoms with Crippen molar-refractivity contribution in [3.8, 4) is 0 Å².